The summed E-state index contributed by atoms with van der Waals surface area (Å²) in [7, 11) is 0. The fraction of sp³-hybridized carbons (Fsp3) is 0.0769. The zero-order valence-corrected chi connectivity index (χ0v) is 23.1. The fourth-order valence-corrected chi connectivity index (χ4v) is 5.98. The SMILES string of the molecule is Cc1ccc(-c2ccc3c4ccc(-c5ccc(C)cc5C)cc4n(-c4cccc(-c5ccccc5)c4)c3c2)cc1. The van der Waals surface area contributed by atoms with Crippen molar-refractivity contribution >= 4 is 21.8 Å². The van der Waals surface area contributed by atoms with Gasteiger partial charge in [0.25, 0.3) is 0 Å². The van der Waals surface area contributed by atoms with Gasteiger partial charge in [-0.05, 0) is 84.0 Å². The smallest absolute Gasteiger partial charge is 0.0547 e. The molecule has 0 saturated carbocycles. The summed E-state index contributed by atoms with van der Waals surface area (Å²) in [6, 6.07) is 49.0. The summed E-state index contributed by atoms with van der Waals surface area (Å²) in [4.78, 5) is 0. The highest BCUT2D eigenvalue weighted by molar-refractivity contribution is 6.11. The molecule has 1 aromatic heterocycles. The molecule has 40 heavy (non-hydrogen) atoms. The van der Waals surface area contributed by atoms with Crippen LogP contribution in [-0.4, -0.2) is 4.57 Å². The highest BCUT2D eigenvalue weighted by Crippen LogP contribution is 2.38. The lowest BCUT2D eigenvalue weighted by Crippen LogP contribution is -1.95. The molecule has 0 amide bonds. The van der Waals surface area contributed by atoms with Gasteiger partial charge in [-0.25, -0.2) is 0 Å². The number of hydrogen-bond acceptors (Lipinski definition) is 0. The van der Waals surface area contributed by atoms with E-state index in [1.54, 1.807) is 0 Å². The average Bonchev–Trinajstić information content (AvgIpc) is 3.31. The first kappa shape index (κ1) is 24.2. The van der Waals surface area contributed by atoms with Crippen molar-refractivity contribution in [1.29, 1.82) is 0 Å². The van der Waals surface area contributed by atoms with Gasteiger partial charge in [0.15, 0.2) is 0 Å². The van der Waals surface area contributed by atoms with Crippen LogP contribution < -0.4 is 0 Å². The Kier molecular flexibility index (Phi) is 5.86. The number of aromatic nitrogens is 1. The second-order valence-corrected chi connectivity index (χ2v) is 10.9. The topological polar surface area (TPSA) is 4.93 Å². The molecule has 0 aliphatic rings. The van der Waals surface area contributed by atoms with Gasteiger partial charge in [-0.2, -0.15) is 0 Å². The maximum Gasteiger partial charge on any atom is 0.0547 e. The summed E-state index contributed by atoms with van der Waals surface area (Å²) in [5.74, 6) is 0. The van der Waals surface area contributed by atoms with Gasteiger partial charge in [-0.1, -0.05) is 120 Å². The van der Waals surface area contributed by atoms with Crippen molar-refractivity contribution in [2.24, 2.45) is 0 Å². The number of benzene rings is 6. The molecule has 0 bridgehead atoms. The Balaban J connectivity index is 1.51. The highest BCUT2D eigenvalue weighted by atomic mass is 15.0. The molecule has 7 rings (SSSR count). The Morgan fingerprint density at radius 2 is 0.975 bits per heavy atom. The molecule has 0 saturated heterocycles. The molecule has 0 fully saturated rings. The molecule has 0 aliphatic heterocycles. The van der Waals surface area contributed by atoms with E-state index in [2.05, 4.69) is 159 Å². The van der Waals surface area contributed by atoms with E-state index in [-0.39, 0.29) is 0 Å². The lowest BCUT2D eigenvalue weighted by atomic mass is 9.97. The molecule has 1 heterocycles. The van der Waals surface area contributed by atoms with Crippen LogP contribution in [0.1, 0.15) is 16.7 Å². The van der Waals surface area contributed by atoms with Crippen molar-refractivity contribution < 1.29 is 0 Å². The zero-order chi connectivity index (χ0) is 27.2. The van der Waals surface area contributed by atoms with Crippen LogP contribution in [0.25, 0.3) is 60.9 Å². The number of nitrogens with zero attached hydrogens (tertiary/aromatic N) is 1. The van der Waals surface area contributed by atoms with Crippen molar-refractivity contribution in [3.63, 3.8) is 0 Å². The van der Waals surface area contributed by atoms with Crippen LogP contribution in [-0.2, 0) is 0 Å². The monoisotopic (exact) mass is 513 g/mol. The first-order chi connectivity index (χ1) is 19.5. The van der Waals surface area contributed by atoms with E-state index in [1.807, 2.05) is 0 Å². The van der Waals surface area contributed by atoms with Gasteiger partial charge < -0.3 is 4.57 Å². The van der Waals surface area contributed by atoms with Gasteiger partial charge >= 0.3 is 0 Å². The molecular weight excluding hydrogens is 482 g/mol. The van der Waals surface area contributed by atoms with Crippen LogP contribution in [0.3, 0.4) is 0 Å². The number of fused-ring (bicyclic) bond motifs is 3. The third-order valence-electron chi connectivity index (χ3n) is 8.06. The van der Waals surface area contributed by atoms with Crippen LogP contribution >= 0.6 is 0 Å². The van der Waals surface area contributed by atoms with Gasteiger partial charge in [-0.3, -0.25) is 0 Å². The third kappa shape index (κ3) is 4.21. The molecule has 0 unspecified atom stereocenters. The van der Waals surface area contributed by atoms with Gasteiger partial charge in [0, 0.05) is 16.5 Å². The van der Waals surface area contributed by atoms with E-state index in [4.69, 9.17) is 0 Å². The maximum absolute atomic E-state index is 2.45. The van der Waals surface area contributed by atoms with Crippen molar-refractivity contribution in [2.75, 3.05) is 0 Å². The van der Waals surface area contributed by atoms with E-state index in [0.29, 0.717) is 0 Å². The second-order valence-electron chi connectivity index (χ2n) is 10.9. The molecule has 6 aromatic carbocycles. The molecule has 0 spiro atoms. The molecule has 192 valence electrons. The third-order valence-corrected chi connectivity index (χ3v) is 8.06. The molecular formula is C39H31N. The Morgan fingerprint density at radius 1 is 0.400 bits per heavy atom. The van der Waals surface area contributed by atoms with Gasteiger partial charge in [-0.15, -0.1) is 0 Å². The van der Waals surface area contributed by atoms with Crippen LogP contribution in [0.4, 0.5) is 0 Å². The summed E-state index contributed by atoms with van der Waals surface area (Å²) >= 11 is 0. The van der Waals surface area contributed by atoms with Crippen LogP contribution in [0, 0.1) is 20.8 Å². The highest BCUT2D eigenvalue weighted by Gasteiger charge is 2.16. The average molecular weight is 514 g/mol. The van der Waals surface area contributed by atoms with Crippen molar-refractivity contribution in [1.82, 2.24) is 4.57 Å². The molecule has 1 heteroatoms. The molecule has 7 aromatic rings. The predicted molar refractivity (Wildman–Crippen MR) is 171 cm³/mol. The predicted octanol–water partition coefficient (Wildman–Crippen LogP) is 10.7. The first-order valence-electron chi connectivity index (χ1n) is 13.9. The summed E-state index contributed by atoms with van der Waals surface area (Å²) in [5, 5.41) is 2.53. The van der Waals surface area contributed by atoms with E-state index in [0.717, 1.165) is 0 Å². The maximum atomic E-state index is 2.45. The van der Waals surface area contributed by atoms with E-state index in [9.17, 15) is 0 Å². The van der Waals surface area contributed by atoms with Crippen molar-refractivity contribution in [3.05, 3.63) is 150 Å². The normalized spacial score (nSPS) is 11.4. The fourth-order valence-electron chi connectivity index (χ4n) is 5.98. The molecule has 0 radical (unpaired) electrons. The summed E-state index contributed by atoms with van der Waals surface area (Å²) < 4.78 is 2.45. The molecule has 0 N–H and O–H groups in total. The Morgan fingerprint density at radius 3 is 1.70 bits per heavy atom. The van der Waals surface area contributed by atoms with Crippen molar-refractivity contribution in [2.45, 2.75) is 20.8 Å². The minimum Gasteiger partial charge on any atom is -0.309 e. The zero-order valence-electron chi connectivity index (χ0n) is 23.1. The van der Waals surface area contributed by atoms with E-state index in [1.165, 1.54) is 77.6 Å². The van der Waals surface area contributed by atoms with Crippen LogP contribution in [0.2, 0.25) is 0 Å². The van der Waals surface area contributed by atoms with E-state index < -0.39 is 0 Å². The first-order valence-corrected chi connectivity index (χ1v) is 13.9. The van der Waals surface area contributed by atoms with Crippen LogP contribution in [0.15, 0.2) is 133 Å². The Bertz CT molecular complexity index is 2010. The Labute approximate surface area is 236 Å². The van der Waals surface area contributed by atoms with Crippen molar-refractivity contribution in [3.8, 4) is 39.1 Å². The van der Waals surface area contributed by atoms with Gasteiger partial charge in [0.2, 0.25) is 0 Å². The largest absolute Gasteiger partial charge is 0.309 e. The second kappa shape index (κ2) is 9.70. The minimum absolute atomic E-state index is 1.17. The summed E-state index contributed by atoms with van der Waals surface area (Å²) in [6.45, 7) is 6.50. The Hall–Kier alpha value is -4.88. The standard InChI is InChI=1S/C39H31N/c1-26-12-15-30(16-13-26)32-17-20-36-37-21-18-33(35-19-14-27(2)22-28(35)3)25-39(37)40(38(36)24-32)34-11-7-10-31(23-34)29-8-5-4-6-9-29/h4-25H,1-3H3. The molecule has 0 aliphatic carbocycles. The lowest BCUT2D eigenvalue weighted by molar-refractivity contribution is 1.18. The summed E-state index contributed by atoms with van der Waals surface area (Å²) in [5.41, 5.74) is 14.9. The van der Waals surface area contributed by atoms with Gasteiger partial charge in [0.1, 0.15) is 0 Å². The van der Waals surface area contributed by atoms with Gasteiger partial charge in [0.05, 0.1) is 11.0 Å². The molecule has 1 nitrogen and oxygen atoms in total. The lowest BCUT2D eigenvalue weighted by Gasteiger charge is -2.12. The number of aryl methyl sites for hydroxylation is 3. The molecule has 0 atom stereocenters. The number of hydrogen-bond donors (Lipinski definition) is 0. The van der Waals surface area contributed by atoms with Crippen LogP contribution in [0.5, 0.6) is 0 Å². The quantitative estimate of drug-likeness (QED) is 0.221. The number of rotatable bonds is 4. The van der Waals surface area contributed by atoms with E-state index >= 15 is 0 Å². The summed E-state index contributed by atoms with van der Waals surface area (Å²) in [6.07, 6.45) is 0. The minimum atomic E-state index is 1.17.